The van der Waals surface area contributed by atoms with Crippen molar-refractivity contribution in [2.75, 3.05) is 5.75 Å². The summed E-state index contributed by atoms with van der Waals surface area (Å²) in [4.78, 5) is 39.1. The molecule has 0 fully saturated rings. The number of aryl methyl sites for hydroxylation is 1. The lowest BCUT2D eigenvalue weighted by atomic mass is 10.0. The highest BCUT2D eigenvalue weighted by Gasteiger charge is 2.28. The first-order valence-electron chi connectivity index (χ1n) is 12.7. The van der Waals surface area contributed by atoms with Gasteiger partial charge >= 0.3 is 0 Å². The van der Waals surface area contributed by atoms with Crippen molar-refractivity contribution in [2.24, 2.45) is 5.92 Å². The van der Waals surface area contributed by atoms with Crippen LogP contribution in [-0.4, -0.2) is 41.5 Å². The zero-order valence-corrected chi connectivity index (χ0v) is 22.9. The first-order chi connectivity index (χ1) is 17.2. The summed E-state index contributed by atoms with van der Waals surface area (Å²) in [5.74, 6) is 1.04. The van der Waals surface area contributed by atoms with Crippen LogP contribution in [-0.2, 0) is 20.1 Å². The van der Waals surface area contributed by atoms with E-state index >= 15 is 0 Å². The van der Waals surface area contributed by atoms with Crippen molar-refractivity contribution < 1.29 is 23.5 Å². The molecule has 0 bridgehead atoms. The molecule has 198 valence electrons. The topological polar surface area (TPSA) is 97.6 Å². The smallest absolute Gasteiger partial charge is 0.261 e. The second kappa shape index (κ2) is 15.4. The number of benzene rings is 1. The Kier molecular flexibility index (Phi) is 12.6. The van der Waals surface area contributed by atoms with Crippen LogP contribution < -0.4 is 15.4 Å². The van der Waals surface area contributed by atoms with E-state index in [0.717, 1.165) is 24.0 Å². The van der Waals surface area contributed by atoms with E-state index in [1.165, 1.54) is 11.8 Å². The van der Waals surface area contributed by atoms with Gasteiger partial charge in [-0.15, -0.1) is 11.8 Å². The van der Waals surface area contributed by atoms with Crippen molar-refractivity contribution in [3.05, 3.63) is 54.0 Å². The van der Waals surface area contributed by atoms with Crippen LogP contribution in [0.5, 0.6) is 5.75 Å². The molecule has 0 radical (unpaired) electrons. The largest absolute Gasteiger partial charge is 0.481 e. The molecule has 0 saturated carbocycles. The van der Waals surface area contributed by atoms with Crippen molar-refractivity contribution in [3.8, 4) is 5.75 Å². The van der Waals surface area contributed by atoms with E-state index < -0.39 is 18.2 Å². The fraction of sp³-hybridized carbons (Fsp3) is 0.536. The summed E-state index contributed by atoms with van der Waals surface area (Å²) in [5, 5.41) is 5.77. The molecule has 3 atom stereocenters. The summed E-state index contributed by atoms with van der Waals surface area (Å²) < 4.78 is 10.9. The average Bonchev–Trinajstić information content (AvgIpc) is 3.35. The van der Waals surface area contributed by atoms with Crippen LogP contribution in [0.1, 0.15) is 64.5 Å². The number of ether oxygens (including phenoxy) is 1. The minimum absolute atomic E-state index is 0.0174. The quantitative estimate of drug-likeness (QED) is 0.324. The predicted molar refractivity (Wildman–Crippen MR) is 144 cm³/mol. The minimum Gasteiger partial charge on any atom is -0.481 e. The minimum atomic E-state index is -0.773. The van der Waals surface area contributed by atoms with E-state index in [1.54, 1.807) is 19.5 Å². The SMILES string of the molecule is CCCC[C@H](NC(=O)[C@H](CC(C)C)NC(=O)C(C)Oc1ccccc1C)C(=O)CSCc1ccoc1. The molecular formula is C28H40N2O5S. The maximum absolute atomic E-state index is 13.2. The van der Waals surface area contributed by atoms with Crippen LogP contribution in [0.2, 0.25) is 0 Å². The number of para-hydroxylation sites is 1. The fourth-order valence-corrected chi connectivity index (χ4v) is 4.57. The molecule has 2 rings (SSSR count). The Morgan fingerprint density at radius 3 is 2.39 bits per heavy atom. The number of unbranched alkanes of at least 4 members (excludes halogenated alkanes) is 1. The molecule has 36 heavy (non-hydrogen) atoms. The van der Waals surface area contributed by atoms with Gasteiger partial charge in [0.25, 0.3) is 5.91 Å². The number of Topliss-reactive ketones (excluding diaryl/α,β-unsaturated/α-hetero) is 1. The Balaban J connectivity index is 2.00. The number of nitrogens with one attached hydrogen (secondary N) is 2. The number of carbonyl (C=O) groups is 3. The summed E-state index contributed by atoms with van der Waals surface area (Å²) in [7, 11) is 0. The molecule has 0 saturated heterocycles. The van der Waals surface area contributed by atoms with Crippen LogP contribution in [0.25, 0.3) is 0 Å². The number of hydrogen-bond donors (Lipinski definition) is 2. The van der Waals surface area contributed by atoms with Gasteiger partial charge in [-0.1, -0.05) is 51.8 Å². The molecule has 1 heterocycles. The van der Waals surface area contributed by atoms with E-state index in [4.69, 9.17) is 9.15 Å². The fourth-order valence-electron chi connectivity index (χ4n) is 3.66. The third-order valence-corrected chi connectivity index (χ3v) is 6.78. The zero-order chi connectivity index (χ0) is 26.5. The Hall–Kier alpha value is -2.74. The molecule has 1 aromatic heterocycles. The van der Waals surface area contributed by atoms with Crippen LogP contribution >= 0.6 is 11.8 Å². The van der Waals surface area contributed by atoms with E-state index in [-0.39, 0.29) is 23.5 Å². The van der Waals surface area contributed by atoms with Gasteiger partial charge in [-0.25, -0.2) is 0 Å². The Morgan fingerprint density at radius 1 is 1.03 bits per heavy atom. The number of carbonyl (C=O) groups excluding carboxylic acids is 3. The van der Waals surface area contributed by atoms with Crippen molar-refractivity contribution in [2.45, 2.75) is 84.2 Å². The van der Waals surface area contributed by atoms with Gasteiger partial charge in [-0.05, 0) is 50.3 Å². The standard InChI is InChI=1S/C28H40N2O5S/c1-6-7-11-23(25(31)18-36-17-22-13-14-34-16-22)29-28(33)24(15-19(2)3)30-27(32)21(5)35-26-12-9-8-10-20(26)4/h8-10,12-14,16,19,21,23-24H,6-7,11,15,17-18H2,1-5H3,(H,29,33)(H,30,32)/t21?,23-,24-/m0/s1. The molecule has 7 nitrogen and oxygen atoms in total. The molecule has 2 N–H and O–H groups in total. The lowest BCUT2D eigenvalue weighted by molar-refractivity contribution is -0.134. The van der Waals surface area contributed by atoms with Gasteiger partial charge in [0.2, 0.25) is 5.91 Å². The number of amides is 2. The second-order valence-electron chi connectivity index (χ2n) is 9.51. The van der Waals surface area contributed by atoms with Crippen LogP contribution in [0.3, 0.4) is 0 Å². The highest BCUT2D eigenvalue weighted by atomic mass is 32.2. The summed E-state index contributed by atoms with van der Waals surface area (Å²) in [6.45, 7) is 9.61. The van der Waals surface area contributed by atoms with E-state index in [9.17, 15) is 14.4 Å². The number of hydrogen-bond acceptors (Lipinski definition) is 6. The average molecular weight is 517 g/mol. The van der Waals surface area contributed by atoms with Gasteiger partial charge in [0.15, 0.2) is 11.9 Å². The highest BCUT2D eigenvalue weighted by Crippen LogP contribution is 2.18. The maximum atomic E-state index is 13.2. The first-order valence-corrected chi connectivity index (χ1v) is 13.8. The Labute approximate surface area is 219 Å². The summed E-state index contributed by atoms with van der Waals surface area (Å²) in [6.07, 6.45) is 5.27. The molecule has 0 aliphatic rings. The molecule has 0 spiro atoms. The predicted octanol–water partition coefficient (Wildman–Crippen LogP) is 5.06. The van der Waals surface area contributed by atoms with Gasteiger partial charge in [-0.3, -0.25) is 14.4 Å². The normalized spacial score (nSPS) is 13.6. The second-order valence-corrected chi connectivity index (χ2v) is 10.5. The lowest BCUT2D eigenvalue weighted by Crippen LogP contribution is -2.54. The van der Waals surface area contributed by atoms with Crippen molar-refractivity contribution >= 4 is 29.4 Å². The van der Waals surface area contributed by atoms with Crippen LogP contribution in [0.4, 0.5) is 0 Å². The summed E-state index contributed by atoms with van der Waals surface area (Å²) in [5.41, 5.74) is 1.94. The Morgan fingerprint density at radius 2 is 1.75 bits per heavy atom. The summed E-state index contributed by atoms with van der Waals surface area (Å²) >= 11 is 1.50. The van der Waals surface area contributed by atoms with E-state index in [1.807, 2.05) is 51.1 Å². The molecular weight excluding hydrogens is 476 g/mol. The van der Waals surface area contributed by atoms with Crippen molar-refractivity contribution in [3.63, 3.8) is 0 Å². The molecule has 0 aliphatic carbocycles. The lowest BCUT2D eigenvalue weighted by Gasteiger charge is -2.25. The number of ketones is 1. The number of thioether (sulfide) groups is 1. The van der Waals surface area contributed by atoms with Gasteiger partial charge in [0.1, 0.15) is 11.8 Å². The molecule has 8 heteroatoms. The zero-order valence-electron chi connectivity index (χ0n) is 22.0. The van der Waals surface area contributed by atoms with Gasteiger partial charge < -0.3 is 19.8 Å². The molecule has 0 aliphatic heterocycles. The molecule has 1 aromatic carbocycles. The van der Waals surface area contributed by atoms with Crippen LogP contribution in [0.15, 0.2) is 47.3 Å². The molecule has 2 amide bonds. The number of furan rings is 1. The third-order valence-electron chi connectivity index (χ3n) is 5.75. The first kappa shape index (κ1) is 29.5. The summed E-state index contributed by atoms with van der Waals surface area (Å²) in [6, 6.07) is 8.02. The van der Waals surface area contributed by atoms with Crippen LogP contribution in [0, 0.1) is 12.8 Å². The molecule has 1 unspecified atom stereocenters. The van der Waals surface area contributed by atoms with Gasteiger partial charge in [0.05, 0.1) is 24.3 Å². The maximum Gasteiger partial charge on any atom is 0.261 e. The van der Waals surface area contributed by atoms with Crippen molar-refractivity contribution in [1.82, 2.24) is 10.6 Å². The van der Waals surface area contributed by atoms with Crippen molar-refractivity contribution in [1.29, 1.82) is 0 Å². The van der Waals surface area contributed by atoms with Gasteiger partial charge in [0, 0.05) is 11.3 Å². The van der Waals surface area contributed by atoms with E-state index in [0.29, 0.717) is 30.1 Å². The Bertz CT molecular complexity index is 961. The highest BCUT2D eigenvalue weighted by molar-refractivity contribution is 7.99. The van der Waals surface area contributed by atoms with Gasteiger partial charge in [-0.2, -0.15) is 0 Å². The molecule has 2 aromatic rings. The number of rotatable bonds is 16. The monoisotopic (exact) mass is 516 g/mol. The third kappa shape index (κ3) is 10.1. The van der Waals surface area contributed by atoms with E-state index in [2.05, 4.69) is 17.6 Å².